The van der Waals surface area contributed by atoms with Gasteiger partial charge in [0.1, 0.15) is 12.4 Å². The maximum atomic E-state index is 12.0. The minimum atomic E-state index is -0.635. The number of ether oxygens (including phenoxy) is 1. The Kier molecular flexibility index (Phi) is 4.46. The first kappa shape index (κ1) is 15.5. The van der Waals surface area contributed by atoms with Gasteiger partial charge in [0.15, 0.2) is 0 Å². The van der Waals surface area contributed by atoms with Crippen molar-refractivity contribution in [1.82, 2.24) is 19.8 Å². The van der Waals surface area contributed by atoms with Crippen LogP contribution in [0.5, 0.6) is 0 Å². The molecule has 0 bridgehead atoms. The van der Waals surface area contributed by atoms with Crippen LogP contribution in [0.25, 0.3) is 0 Å². The van der Waals surface area contributed by atoms with E-state index in [-0.39, 0.29) is 18.4 Å². The van der Waals surface area contributed by atoms with Gasteiger partial charge >= 0.3 is 0 Å². The Balaban J connectivity index is 1.62. The monoisotopic (exact) mass is 308 g/mol. The second-order valence-corrected chi connectivity index (χ2v) is 6.34. The Hall–Kier alpha value is -1.44. The zero-order valence-corrected chi connectivity index (χ0v) is 13.0. The second-order valence-electron chi connectivity index (χ2n) is 6.34. The average Bonchev–Trinajstić information content (AvgIpc) is 3.00. The van der Waals surface area contributed by atoms with Crippen molar-refractivity contribution in [2.75, 3.05) is 39.9 Å². The third-order valence-electron chi connectivity index (χ3n) is 4.90. The molecule has 7 heteroatoms. The van der Waals surface area contributed by atoms with Crippen LogP contribution in [0.1, 0.15) is 18.7 Å². The molecule has 1 aromatic rings. The molecule has 122 valence electrons. The number of H-pyrrole nitrogens is 1. The normalized spacial score (nSPS) is 29.4. The molecule has 0 saturated carbocycles. The van der Waals surface area contributed by atoms with Crippen molar-refractivity contribution in [3.8, 4) is 0 Å². The molecule has 0 radical (unpaired) electrons. The van der Waals surface area contributed by atoms with Gasteiger partial charge in [0.25, 0.3) is 0 Å². The van der Waals surface area contributed by atoms with E-state index in [1.807, 2.05) is 11.1 Å². The van der Waals surface area contributed by atoms with Crippen molar-refractivity contribution >= 4 is 5.91 Å². The molecule has 2 N–H and O–H groups in total. The fourth-order valence-electron chi connectivity index (χ4n) is 3.55. The topological polar surface area (TPSA) is 81.7 Å². The van der Waals surface area contributed by atoms with E-state index in [0.717, 1.165) is 31.9 Å². The van der Waals surface area contributed by atoms with Crippen LogP contribution >= 0.6 is 0 Å². The number of piperidine rings is 2. The number of aliphatic hydroxyl groups is 1. The highest BCUT2D eigenvalue weighted by atomic mass is 16.5. The van der Waals surface area contributed by atoms with E-state index < -0.39 is 5.60 Å². The van der Waals surface area contributed by atoms with E-state index in [1.165, 1.54) is 7.11 Å². The SMILES string of the molecule is COCC(=O)N1CC[C@@]2(O)CCN(Cc3ncc[nH]3)C[C@H]2C1. The summed E-state index contributed by atoms with van der Waals surface area (Å²) in [6.45, 7) is 3.74. The minimum absolute atomic E-state index is 0.00714. The van der Waals surface area contributed by atoms with Crippen LogP contribution < -0.4 is 0 Å². The van der Waals surface area contributed by atoms with Gasteiger partial charge < -0.3 is 19.7 Å². The molecule has 2 aliphatic rings. The Morgan fingerprint density at radius 1 is 1.50 bits per heavy atom. The lowest BCUT2D eigenvalue weighted by Gasteiger charge is -2.50. The molecule has 0 unspecified atom stereocenters. The Bertz CT molecular complexity index is 507. The fraction of sp³-hybridized carbons (Fsp3) is 0.733. The lowest BCUT2D eigenvalue weighted by molar-refractivity contribution is -0.150. The predicted molar refractivity (Wildman–Crippen MR) is 80.0 cm³/mol. The highest BCUT2D eigenvalue weighted by molar-refractivity contribution is 5.77. The molecule has 0 aliphatic carbocycles. The number of amides is 1. The summed E-state index contributed by atoms with van der Waals surface area (Å²) in [4.78, 5) is 23.5. The fourth-order valence-corrected chi connectivity index (χ4v) is 3.55. The molecule has 2 atom stereocenters. The molecular weight excluding hydrogens is 284 g/mol. The van der Waals surface area contributed by atoms with Crippen molar-refractivity contribution in [2.45, 2.75) is 25.0 Å². The minimum Gasteiger partial charge on any atom is -0.389 e. The van der Waals surface area contributed by atoms with Gasteiger partial charge in [-0.05, 0) is 12.8 Å². The van der Waals surface area contributed by atoms with Crippen LogP contribution in [0.4, 0.5) is 0 Å². The van der Waals surface area contributed by atoms with Gasteiger partial charge in [-0.15, -0.1) is 0 Å². The Morgan fingerprint density at radius 3 is 3.05 bits per heavy atom. The second kappa shape index (κ2) is 6.36. The smallest absolute Gasteiger partial charge is 0.248 e. The summed E-state index contributed by atoms with van der Waals surface area (Å²) in [7, 11) is 1.53. The number of aromatic amines is 1. The number of hydrogen-bond donors (Lipinski definition) is 2. The number of imidazole rings is 1. The number of hydrogen-bond acceptors (Lipinski definition) is 5. The third kappa shape index (κ3) is 3.16. The van der Waals surface area contributed by atoms with Crippen LogP contribution in [-0.4, -0.2) is 76.3 Å². The molecule has 22 heavy (non-hydrogen) atoms. The maximum Gasteiger partial charge on any atom is 0.248 e. The molecule has 0 spiro atoms. The summed E-state index contributed by atoms with van der Waals surface area (Å²) in [5.41, 5.74) is -0.635. The van der Waals surface area contributed by atoms with Crippen molar-refractivity contribution in [3.05, 3.63) is 18.2 Å². The van der Waals surface area contributed by atoms with Crippen molar-refractivity contribution in [1.29, 1.82) is 0 Å². The number of likely N-dealkylation sites (tertiary alicyclic amines) is 2. The number of carbonyl (C=O) groups is 1. The molecule has 2 fully saturated rings. The summed E-state index contributed by atoms with van der Waals surface area (Å²) < 4.78 is 4.93. The Morgan fingerprint density at radius 2 is 2.32 bits per heavy atom. The van der Waals surface area contributed by atoms with Crippen LogP contribution in [0, 0.1) is 5.92 Å². The lowest BCUT2D eigenvalue weighted by Crippen LogP contribution is -2.60. The molecule has 1 amide bonds. The number of carbonyl (C=O) groups excluding carboxylic acids is 1. The number of nitrogens with one attached hydrogen (secondary N) is 1. The van der Waals surface area contributed by atoms with Gasteiger partial charge in [-0.2, -0.15) is 0 Å². The number of methoxy groups -OCH3 is 1. The van der Waals surface area contributed by atoms with E-state index in [1.54, 1.807) is 6.20 Å². The quantitative estimate of drug-likeness (QED) is 0.808. The zero-order chi connectivity index (χ0) is 15.6. The first-order chi connectivity index (χ1) is 10.6. The summed E-state index contributed by atoms with van der Waals surface area (Å²) in [6, 6.07) is 0. The van der Waals surface area contributed by atoms with Gasteiger partial charge in [0.2, 0.25) is 5.91 Å². The van der Waals surface area contributed by atoms with Gasteiger partial charge in [-0.3, -0.25) is 9.69 Å². The maximum absolute atomic E-state index is 12.0. The number of nitrogens with zero attached hydrogens (tertiary/aromatic N) is 3. The first-order valence-electron chi connectivity index (χ1n) is 7.80. The molecule has 3 rings (SSSR count). The molecular formula is C15H24N4O3. The van der Waals surface area contributed by atoms with Crippen LogP contribution in [-0.2, 0) is 16.1 Å². The molecule has 0 aromatic carbocycles. The highest BCUT2D eigenvalue weighted by Crippen LogP contribution is 2.35. The average molecular weight is 308 g/mol. The van der Waals surface area contributed by atoms with E-state index in [2.05, 4.69) is 14.9 Å². The zero-order valence-electron chi connectivity index (χ0n) is 13.0. The van der Waals surface area contributed by atoms with E-state index >= 15 is 0 Å². The standard InChI is InChI=1S/C15H24N4O3/c1-22-11-14(20)19-7-3-15(21)2-6-18(8-12(15)9-19)10-13-16-4-5-17-13/h4-5,12,21H,2-3,6-11H2,1H3,(H,16,17)/t12-,15-/m0/s1. The van der Waals surface area contributed by atoms with Crippen LogP contribution in [0.2, 0.25) is 0 Å². The summed E-state index contributed by atoms with van der Waals surface area (Å²) in [5.74, 6) is 1.03. The van der Waals surface area contributed by atoms with E-state index in [9.17, 15) is 9.90 Å². The third-order valence-corrected chi connectivity index (χ3v) is 4.90. The largest absolute Gasteiger partial charge is 0.389 e. The highest BCUT2D eigenvalue weighted by Gasteiger charge is 2.45. The predicted octanol–water partition coefficient (Wildman–Crippen LogP) is -0.159. The lowest BCUT2D eigenvalue weighted by atomic mass is 9.75. The number of aromatic nitrogens is 2. The van der Waals surface area contributed by atoms with Crippen LogP contribution in [0.15, 0.2) is 12.4 Å². The first-order valence-corrected chi connectivity index (χ1v) is 7.80. The number of fused-ring (bicyclic) bond motifs is 1. The van der Waals surface area contributed by atoms with Crippen molar-refractivity contribution in [3.63, 3.8) is 0 Å². The van der Waals surface area contributed by atoms with Gasteiger partial charge in [-0.25, -0.2) is 4.98 Å². The van der Waals surface area contributed by atoms with E-state index in [4.69, 9.17) is 4.74 Å². The number of rotatable bonds is 4. The molecule has 7 nitrogen and oxygen atoms in total. The van der Waals surface area contributed by atoms with Gasteiger partial charge in [0.05, 0.1) is 12.1 Å². The van der Waals surface area contributed by atoms with Crippen molar-refractivity contribution < 1.29 is 14.6 Å². The van der Waals surface area contributed by atoms with Crippen molar-refractivity contribution in [2.24, 2.45) is 5.92 Å². The Labute approximate surface area is 130 Å². The van der Waals surface area contributed by atoms with Gasteiger partial charge in [-0.1, -0.05) is 0 Å². The molecule has 1 aromatic heterocycles. The van der Waals surface area contributed by atoms with E-state index in [0.29, 0.717) is 19.5 Å². The molecule has 2 aliphatic heterocycles. The summed E-state index contributed by atoms with van der Waals surface area (Å²) >= 11 is 0. The summed E-state index contributed by atoms with van der Waals surface area (Å²) in [5, 5.41) is 10.8. The van der Waals surface area contributed by atoms with Crippen LogP contribution in [0.3, 0.4) is 0 Å². The van der Waals surface area contributed by atoms with Gasteiger partial charge in [0, 0.05) is 51.6 Å². The summed E-state index contributed by atoms with van der Waals surface area (Å²) in [6.07, 6.45) is 4.98. The molecule has 3 heterocycles. The molecule has 2 saturated heterocycles.